The number of amidine groups is 1. The number of aryl methyl sites for hydroxylation is 1. The van der Waals surface area contributed by atoms with Crippen LogP contribution in [-0.2, 0) is 0 Å². The first kappa shape index (κ1) is 13.8. The van der Waals surface area contributed by atoms with E-state index >= 15 is 0 Å². The summed E-state index contributed by atoms with van der Waals surface area (Å²) in [6.07, 6.45) is 4.90. The first-order chi connectivity index (χ1) is 8.97. The van der Waals surface area contributed by atoms with Gasteiger partial charge < -0.3 is 10.6 Å². The van der Waals surface area contributed by atoms with Crippen molar-refractivity contribution in [2.45, 2.75) is 45.6 Å². The van der Waals surface area contributed by atoms with Crippen molar-refractivity contribution in [2.75, 3.05) is 11.9 Å². The van der Waals surface area contributed by atoms with Crippen molar-refractivity contribution >= 4 is 11.8 Å². The minimum atomic E-state index is -0.00239. The largest absolute Gasteiger partial charge is 0.382 e. The summed E-state index contributed by atoms with van der Waals surface area (Å²) < 4.78 is 0. The number of nitrogens with zero attached hydrogens (tertiary/aromatic N) is 3. The summed E-state index contributed by atoms with van der Waals surface area (Å²) >= 11 is 0. The fraction of sp³-hybridized carbons (Fsp3) is 0.643. The van der Waals surface area contributed by atoms with Gasteiger partial charge in [-0.25, -0.2) is 9.97 Å². The third-order valence-corrected chi connectivity index (χ3v) is 3.97. The van der Waals surface area contributed by atoms with Crippen molar-refractivity contribution in [3.8, 4) is 0 Å². The van der Waals surface area contributed by atoms with Crippen LogP contribution < -0.4 is 10.6 Å². The van der Waals surface area contributed by atoms with Crippen LogP contribution in [0.5, 0.6) is 0 Å². The SMILES string of the molecule is Cc1cc(C(=N)N)nc(N(C)C2CCC(C)CC2)n1. The van der Waals surface area contributed by atoms with Gasteiger partial charge in [0.2, 0.25) is 5.95 Å². The number of aromatic nitrogens is 2. The fourth-order valence-corrected chi connectivity index (χ4v) is 2.64. The number of anilines is 1. The summed E-state index contributed by atoms with van der Waals surface area (Å²) in [5.74, 6) is 1.51. The maximum Gasteiger partial charge on any atom is 0.226 e. The summed E-state index contributed by atoms with van der Waals surface area (Å²) in [6, 6.07) is 2.25. The lowest BCUT2D eigenvalue weighted by molar-refractivity contribution is 0.339. The third kappa shape index (κ3) is 3.22. The van der Waals surface area contributed by atoms with Gasteiger partial charge in [-0.2, -0.15) is 0 Å². The molecule has 0 radical (unpaired) electrons. The van der Waals surface area contributed by atoms with Crippen molar-refractivity contribution < 1.29 is 0 Å². The molecule has 0 saturated heterocycles. The Morgan fingerprint density at radius 3 is 2.53 bits per heavy atom. The van der Waals surface area contributed by atoms with E-state index in [1.54, 1.807) is 6.07 Å². The Balaban J connectivity index is 2.18. The molecule has 0 spiro atoms. The molecule has 0 bridgehead atoms. The van der Waals surface area contributed by atoms with Gasteiger partial charge in [0.1, 0.15) is 11.5 Å². The minimum Gasteiger partial charge on any atom is -0.382 e. The Hall–Kier alpha value is -1.65. The number of rotatable bonds is 3. The molecule has 104 valence electrons. The van der Waals surface area contributed by atoms with Gasteiger partial charge in [0.15, 0.2) is 0 Å². The zero-order valence-electron chi connectivity index (χ0n) is 12.0. The summed E-state index contributed by atoms with van der Waals surface area (Å²) in [5, 5.41) is 7.51. The van der Waals surface area contributed by atoms with Crippen LogP contribution in [0.3, 0.4) is 0 Å². The average Bonchev–Trinajstić information content (AvgIpc) is 2.38. The summed E-state index contributed by atoms with van der Waals surface area (Å²) in [6.45, 7) is 4.22. The minimum absolute atomic E-state index is 0.00239. The smallest absolute Gasteiger partial charge is 0.226 e. The standard InChI is InChI=1S/C14H23N5/c1-9-4-6-11(7-5-9)19(3)14-17-10(2)8-12(18-14)13(15)16/h8-9,11H,4-7H2,1-3H3,(H3,15,16). The molecular weight excluding hydrogens is 238 g/mol. The molecule has 5 nitrogen and oxygen atoms in total. The van der Waals surface area contributed by atoms with Gasteiger partial charge in [-0.3, -0.25) is 5.41 Å². The molecule has 1 fully saturated rings. The molecule has 1 aromatic heterocycles. The molecule has 2 rings (SSSR count). The number of nitrogens with two attached hydrogens (primary N) is 1. The van der Waals surface area contributed by atoms with Gasteiger partial charge in [-0.1, -0.05) is 6.92 Å². The van der Waals surface area contributed by atoms with E-state index < -0.39 is 0 Å². The fourth-order valence-electron chi connectivity index (χ4n) is 2.64. The van der Waals surface area contributed by atoms with Crippen molar-refractivity contribution in [2.24, 2.45) is 11.7 Å². The van der Waals surface area contributed by atoms with E-state index in [1.165, 1.54) is 25.7 Å². The lowest BCUT2D eigenvalue weighted by Gasteiger charge is -2.33. The number of nitrogen functional groups attached to an aromatic ring is 1. The second-order valence-corrected chi connectivity index (χ2v) is 5.63. The summed E-state index contributed by atoms with van der Waals surface area (Å²) in [7, 11) is 2.04. The van der Waals surface area contributed by atoms with Crippen molar-refractivity contribution in [1.82, 2.24) is 9.97 Å². The van der Waals surface area contributed by atoms with Crippen LogP contribution in [0.15, 0.2) is 6.07 Å². The first-order valence-corrected chi connectivity index (χ1v) is 6.90. The first-order valence-electron chi connectivity index (χ1n) is 6.90. The van der Waals surface area contributed by atoms with E-state index in [2.05, 4.69) is 21.8 Å². The molecule has 0 aromatic carbocycles. The molecule has 19 heavy (non-hydrogen) atoms. The van der Waals surface area contributed by atoms with E-state index in [4.69, 9.17) is 11.1 Å². The predicted molar refractivity (Wildman–Crippen MR) is 77.6 cm³/mol. The molecule has 1 aliphatic rings. The van der Waals surface area contributed by atoms with Crippen LogP contribution in [0.4, 0.5) is 5.95 Å². The second kappa shape index (κ2) is 5.55. The Morgan fingerprint density at radius 2 is 1.95 bits per heavy atom. The molecule has 1 aliphatic carbocycles. The van der Waals surface area contributed by atoms with Gasteiger partial charge in [-0.15, -0.1) is 0 Å². The lowest BCUT2D eigenvalue weighted by Crippen LogP contribution is -2.36. The molecule has 3 N–H and O–H groups in total. The number of hydrogen-bond acceptors (Lipinski definition) is 4. The quantitative estimate of drug-likeness (QED) is 0.645. The van der Waals surface area contributed by atoms with Crippen molar-refractivity contribution in [3.63, 3.8) is 0 Å². The Bertz CT molecular complexity index is 463. The van der Waals surface area contributed by atoms with Gasteiger partial charge in [0, 0.05) is 18.8 Å². The molecule has 0 aliphatic heterocycles. The number of hydrogen-bond donors (Lipinski definition) is 2. The van der Waals surface area contributed by atoms with Gasteiger partial charge in [0.05, 0.1) is 0 Å². The molecule has 1 heterocycles. The highest BCUT2D eigenvalue weighted by molar-refractivity contribution is 5.93. The maximum absolute atomic E-state index is 7.51. The van der Waals surface area contributed by atoms with E-state index in [0.717, 1.165) is 11.6 Å². The zero-order chi connectivity index (χ0) is 14.0. The topological polar surface area (TPSA) is 78.9 Å². The maximum atomic E-state index is 7.51. The second-order valence-electron chi connectivity index (χ2n) is 5.63. The highest BCUT2D eigenvalue weighted by Gasteiger charge is 2.23. The highest BCUT2D eigenvalue weighted by atomic mass is 15.3. The van der Waals surface area contributed by atoms with E-state index in [0.29, 0.717) is 17.7 Å². The highest BCUT2D eigenvalue weighted by Crippen LogP contribution is 2.28. The lowest BCUT2D eigenvalue weighted by atomic mass is 9.87. The molecule has 1 aromatic rings. The van der Waals surface area contributed by atoms with Crippen LogP contribution in [0.2, 0.25) is 0 Å². The van der Waals surface area contributed by atoms with E-state index in [-0.39, 0.29) is 5.84 Å². The van der Waals surface area contributed by atoms with Crippen LogP contribution in [-0.4, -0.2) is 28.9 Å². The Labute approximate surface area is 114 Å². The van der Waals surface area contributed by atoms with E-state index in [1.807, 2.05) is 14.0 Å². The monoisotopic (exact) mass is 261 g/mol. The molecule has 0 unspecified atom stereocenters. The molecule has 0 amide bonds. The Morgan fingerprint density at radius 1 is 1.32 bits per heavy atom. The van der Waals surface area contributed by atoms with E-state index in [9.17, 15) is 0 Å². The average molecular weight is 261 g/mol. The normalized spacial score (nSPS) is 23.1. The summed E-state index contributed by atoms with van der Waals surface area (Å²) in [5.41, 5.74) is 6.89. The molecule has 5 heteroatoms. The van der Waals surface area contributed by atoms with Gasteiger partial charge >= 0.3 is 0 Å². The predicted octanol–water partition coefficient (Wildman–Crippen LogP) is 2.08. The van der Waals surface area contributed by atoms with Gasteiger partial charge in [-0.05, 0) is 44.6 Å². The van der Waals surface area contributed by atoms with Crippen LogP contribution in [0.25, 0.3) is 0 Å². The van der Waals surface area contributed by atoms with Crippen LogP contribution in [0, 0.1) is 18.3 Å². The van der Waals surface area contributed by atoms with Crippen LogP contribution in [0.1, 0.15) is 44.0 Å². The molecule has 1 saturated carbocycles. The van der Waals surface area contributed by atoms with Crippen LogP contribution >= 0.6 is 0 Å². The molecular formula is C14H23N5. The summed E-state index contributed by atoms with van der Waals surface area (Å²) in [4.78, 5) is 11.0. The Kier molecular flexibility index (Phi) is 4.02. The number of nitrogens with one attached hydrogen (secondary N) is 1. The van der Waals surface area contributed by atoms with Gasteiger partial charge in [0.25, 0.3) is 0 Å². The molecule has 0 atom stereocenters. The van der Waals surface area contributed by atoms with Crippen molar-refractivity contribution in [3.05, 3.63) is 17.5 Å². The van der Waals surface area contributed by atoms with Crippen molar-refractivity contribution in [1.29, 1.82) is 5.41 Å². The zero-order valence-corrected chi connectivity index (χ0v) is 12.0. The third-order valence-electron chi connectivity index (χ3n) is 3.97.